The molecule has 0 saturated carbocycles. The van der Waals surface area contributed by atoms with Crippen molar-refractivity contribution < 1.29 is 14.1 Å². The van der Waals surface area contributed by atoms with Crippen LogP contribution in [-0.2, 0) is 11.3 Å². The monoisotopic (exact) mass is 254 g/mol. The van der Waals surface area contributed by atoms with Gasteiger partial charge < -0.3 is 14.6 Å². The number of rotatable bonds is 4. The molecule has 7 nitrogen and oxygen atoms in total. The molecule has 1 aromatic rings. The first-order chi connectivity index (χ1) is 8.79. The van der Waals surface area contributed by atoms with Gasteiger partial charge in [0.1, 0.15) is 0 Å². The molecule has 0 spiro atoms. The molecule has 0 unspecified atom stereocenters. The van der Waals surface area contributed by atoms with Gasteiger partial charge in [-0.1, -0.05) is 0 Å². The highest BCUT2D eigenvalue weighted by Gasteiger charge is 2.18. The minimum Gasteiger partial charge on any atom is -0.460 e. The zero-order valence-electron chi connectivity index (χ0n) is 10.5. The van der Waals surface area contributed by atoms with Crippen LogP contribution in [0, 0.1) is 0 Å². The Morgan fingerprint density at radius 3 is 3.22 bits per heavy atom. The maximum atomic E-state index is 11.4. The summed E-state index contributed by atoms with van der Waals surface area (Å²) in [7, 11) is 0. The Kier molecular flexibility index (Phi) is 4.66. The van der Waals surface area contributed by atoms with Gasteiger partial charge in [0, 0.05) is 13.1 Å². The van der Waals surface area contributed by atoms with Crippen molar-refractivity contribution in [3.05, 3.63) is 11.7 Å². The number of carbonyl (C=O) groups excluding carboxylic acids is 1. The summed E-state index contributed by atoms with van der Waals surface area (Å²) in [6, 6.07) is 0. The predicted octanol–water partition coefficient (Wildman–Crippen LogP) is 0.0416. The molecule has 1 saturated heterocycles. The van der Waals surface area contributed by atoms with Crippen molar-refractivity contribution in [3.8, 4) is 0 Å². The molecule has 2 heterocycles. The van der Waals surface area contributed by atoms with Crippen LogP contribution in [0.4, 0.5) is 0 Å². The van der Waals surface area contributed by atoms with Crippen LogP contribution in [-0.4, -0.2) is 53.8 Å². The summed E-state index contributed by atoms with van der Waals surface area (Å²) in [6.07, 6.45) is 1.10. The van der Waals surface area contributed by atoms with Crippen molar-refractivity contribution in [3.63, 3.8) is 0 Å². The molecule has 0 radical (unpaired) electrons. The zero-order chi connectivity index (χ0) is 12.8. The van der Waals surface area contributed by atoms with Crippen LogP contribution in [0.25, 0.3) is 0 Å². The summed E-state index contributed by atoms with van der Waals surface area (Å²) in [6.45, 7) is 6.55. The van der Waals surface area contributed by atoms with E-state index in [0.717, 1.165) is 32.6 Å². The first-order valence-corrected chi connectivity index (χ1v) is 6.22. The molecule has 0 amide bonds. The predicted molar refractivity (Wildman–Crippen MR) is 63.0 cm³/mol. The van der Waals surface area contributed by atoms with Crippen LogP contribution in [0.2, 0.25) is 0 Å². The maximum absolute atomic E-state index is 11.4. The van der Waals surface area contributed by atoms with Crippen molar-refractivity contribution in [2.24, 2.45) is 0 Å². The Balaban J connectivity index is 1.91. The molecule has 2 rings (SSSR count). The molecule has 0 bridgehead atoms. The normalized spacial score (nSPS) is 17.4. The second-order valence-electron chi connectivity index (χ2n) is 4.11. The van der Waals surface area contributed by atoms with Crippen LogP contribution < -0.4 is 5.32 Å². The van der Waals surface area contributed by atoms with Crippen LogP contribution >= 0.6 is 0 Å². The third-order valence-electron chi connectivity index (χ3n) is 2.72. The van der Waals surface area contributed by atoms with Crippen LogP contribution in [0.15, 0.2) is 4.52 Å². The first kappa shape index (κ1) is 13.0. The molecular weight excluding hydrogens is 236 g/mol. The second-order valence-corrected chi connectivity index (χ2v) is 4.11. The molecule has 1 aliphatic rings. The molecule has 100 valence electrons. The summed E-state index contributed by atoms with van der Waals surface area (Å²) in [4.78, 5) is 17.6. The average Bonchev–Trinajstić information content (AvgIpc) is 2.67. The molecule has 1 N–H and O–H groups in total. The topological polar surface area (TPSA) is 80.5 Å². The van der Waals surface area contributed by atoms with Gasteiger partial charge in [-0.15, -0.1) is 0 Å². The van der Waals surface area contributed by atoms with Gasteiger partial charge in [0.05, 0.1) is 13.2 Å². The number of nitrogens with zero attached hydrogens (tertiary/aromatic N) is 3. The van der Waals surface area contributed by atoms with Gasteiger partial charge in [0.25, 0.3) is 5.82 Å². The van der Waals surface area contributed by atoms with Crippen molar-refractivity contribution in [2.75, 3.05) is 32.8 Å². The SMILES string of the molecule is CCOC(=O)c1noc(CN2CCCNCC2)n1. The average molecular weight is 254 g/mol. The number of ether oxygens (including phenoxy) is 1. The fourth-order valence-electron chi connectivity index (χ4n) is 1.85. The molecule has 0 aromatic carbocycles. The van der Waals surface area contributed by atoms with E-state index in [0.29, 0.717) is 19.0 Å². The zero-order valence-corrected chi connectivity index (χ0v) is 10.5. The van der Waals surface area contributed by atoms with E-state index in [1.54, 1.807) is 6.92 Å². The van der Waals surface area contributed by atoms with Gasteiger partial charge in [-0.3, -0.25) is 4.90 Å². The Bertz CT molecular complexity index is 385. The molecule has 7 heteroatoms. The fourth-order valence-corrected chi connectivity index (χ4v) is 1.85. The lowest BCUT2D eigenvalue weighted by molar-refractivity contribution is 0.0508. The van der Waals surface area contributed by atoms with Crippen molar-refractivity contribution >= 4 is 5.97 Å². The fraction of sp³-hybridized carbons (Fsp3) is 0.727. The lowest BCUT2D eigenvalue weighted by Crippen LogP contribution is -2.27. The number of esters is 1. The number of hydrogen-bond acceptors (Lipinski definition) is 7. The third-order valence-corrected chi connectivity index (χ3v) is 2.72. The van der Waals surface area contributed by atoms with Gasteiger partial charge in [0.15, 0.2) is 0 Å². The standard InChI is InChI=1S/C11H18N4O3/c1-2-17-11(16)10-13-9(18-14-10)8-15-6-3-4-12-5-7-15/h12H,2-8H2,1H3. The van der Waals surface area contributed by atoms with Gasteiger partial charge in [0.2, 0.25) is 5.89 Å². The quantitative estimate of drug-likeness (QED) is 0.760. The highest BCUT2D eigenvalue weighted by atomic mass is 16.5. The number of aromatic nitrogens is 2. The lowest BCUT2D eigenvalue weighted by atomic mass is 10.4. The molecule has 1 aromatic heterocycles. The van der Waals surface area contributed by atoms with Gasteiger partial charge in [-0.05, 0) is 31.6 Å². The molecule has 0 aliphatic carbocycles. The van der Waals surface area contributed by atoms with Crippen molar-refractivity contribution in [2.45, 2.75) is 19.9 Å². The summed E-state index contributed by atoms with van der Waals surface area (Å²) >= 11 is 0. The summed E-state index contributed by atoms with van der Waals surface area (Å²) < 4.78 is 9.86. The van der Waals surface area contributed by atoms with E-state index in [-0.39, 0.29) is 5.82 Å². The number of hydrogen-bond donors (Lipinski definition) is 1. The summed E-state index contributed by atoms with van der Waals surface area (Å²) in [5.41, 5.74) is 0. The second kappa shape index (κ2) is 6.46. The highest BCUT2D eigenvalue weighted by molar-refractivity contribution is 5.84. The lowest BCUT2D eigenvalue weighted by Gasteiger charge is -2.16. The van der Waals surface area contributed by atoms with E-state index in [4.69, 9.17) is 9.26 Å². The van der Waals surface area contributed by atoms with E-state index in [1.165, 1.54) is 0 Å². The molecule has 1 aliphatic heterocycles. The third kappa shape index (κ3) is 3.51. The van der Waals surface area contributed by atoms with E-state index < -0.39 is 5.97 Å². The number of nitrogens with one attached hydrogen (secondary N) is 1. The van der Waals surface area contributed by atoms with Crippen LogP contribution in [0.3, 0.4) is 0 Å². The highest BCUT2D eigenvalue weighted by Crippen LogP contribution is 2.05. The van der Waals surface area contributed by atoms with Gasteiger partial charge in [-0.25, -0.2) is 4.79 Å². The molecule has 0 atom stereocenters. The minimum atomic E-state index is -0.537. The van der Waals surface area contributed by atoms with Gasteiger partial charge in [-0.2, -0.15) is 4.98 Å². The van der Waals surface area contributed by atoms with Crippen LogP contribution in [0.5, 0.6) is 0 Å². The van der Waals surface area contributed by atoms with E-state index >= 15 is 0 Å². The van der Waals surface area contributed by atoms with E-state index in [9.17, 15) is 4.79 Å². The molecule has 1 fully saturated rings. The van der Waals surface area contributed by atoms with Crippen molar-refractivity contribution in [1.29, 1.82) is 0 Å². The van der Waals surface area contributed by atoms with Crippen LogP contribution in [0.1, 0.15) is 29.9 Å². The van der Waals surface area contributed by atoms with E-state index in [1.807, 2.05) is 0 Å². The van der Waals surface area contributed by atoms with Crippen molar-refractivity contribution in [1.82, 2.24) is 20.4 Å². The Hall–Kier alpha value is -1.47. The molecule has 18 heavy (non-hydrogen) atoms. The summed E-state index contributed by atoms with van der Waals surface area (Å²) in [5.74, 6) is -0.0789. The Morgan fingerprint density at radius 1 is 1.50 bits per heavy atom. The first-order valence-electron chi connectivity index (χ1n) is 6.22. The van der Waals surface area contributed by atoms with E-state index in [2.05, 4.69) is 20.4 Å². The smallest absolute Gasteiger partial charge is 0.379 e. The summed E-state index contributed by atoms with van der Waals surface area (Å²) in [5, 5.41) is 6.94. The Labute approximate surface area is 105 Å². The molecular formula is C11H18N4O3. The number of carbonyl (C=O) groups is 1. The Morgan fingerprint density at radius 2 is 2.39 bits per heavy atom. The minimum absolute atomic E-state index is 0.000188. The van der Waals surface area contributed by atoms with Gasteiger partial charge >= 0.3 is 5.97 Å². The largest absolute Gasteiger partial charge is 0.460 e. The maximum Gasteiger partial charge on any atom is 0.379 e.